The predicted molar refractivity (Wildman–Crippen MR) is 114 cm³/mol. The second kappa shape index (κ2) is 8.83. The molecule has 3 aliphatic rings. The molecule has 1 aliphatic carbocycles. The highest BCUT2D eigenvalue weighted by atomic mass is 35.5. The van der Waals surface area contributed by atoms with E-state index in [0.717, 1.165) is 57.3 Å². The first-order valence-corrected chi connectivity index (χ1v) is 10.5. The number of nitrogens with two attached hydrogens (primary N) is 1. The minimum atomic E-state index is -0.184. The van der Waals surface area contributed by atoms with E-state index in [2.05, 4.69) is 13.0 Å². The fourth-order valence-electron chi connectivity index (χ4n) is 5.26. The highest BCUT2D eigenvalue weighted by Gasteiger charge is 2.43. The molecule has 0 radical (unpaired) electrons. The van der Waals surface area contributed by atoms with Crippen LogP contribution in [0.5, 0.6) is 0 Å². The zero-order valence-electron chi connectivity index (χ0n) is 16.7. The summed E-state index contributed by atoms with van der Waals surface area (Å²) in [6.45, 7) is 4.31. The Morgan fingerprint density at radius 3 is 2.43 bits per heavy atom. The van der Waals surface area contributed by atoms with E-state index in [1.165, 1.54) is 5.56 Å². The summed E-state index contributed by atoms with van der Waals surface area (Å²) >= 11 is 0. The van der Waals surface area contributed by atoms with E-state index in [1.807, 2.05) is 28.0 Å². The first-order chi connectivity index (χ1) is 13.1. The molecule has 0 spiro atoms. The smallest absolute Gasteiger partial charge is 0.231 e. The third-order valence-electron chi connectivity index (χ3n) is 6.78. The number of hydrogen-bond donors (Lipinski definition) is 1. The highest BCUT2D eigenvalue weighted by molar-refractivity contribution is 6.00. The molecule has 1 aromatic rings. The van der Waals surface area contributed by atoms with E-state index >= 15 is 0 Å². The lowest BCUT2D eigenvalue weighted by molar-refractivity contribution is -0.142. The predicted octanol–water partition coefficient (Wildman–Crippen LogP) is 3.00. The average Bonchev–Trinajstić information content (AvgIpc) is 3.30. The molecule has 28 heavy (non-hydrogen) atoms. The van der Waals surface area contributed by atoms with Crippen molar-refractivity contribution in [3.63, 3.8) is 0 Å². The number of hydrogen-bond acceptors (Lipinski definition) is 3. The molecular formula is C22H32ClN3O2. The summed E-state index contributed by atoms with van der Waals surface area (Å²) in [6, 6.07) is 8.36. The summed E-state index contributed by atoms with van der Waals surface area (Å²) in [7, 11) is 0. The van der Waals surface area contributed by atoms with Crippen molar-refractivity contribution in [2.45, 2.75) is 51.5 Å². The van der Waals surface area contributed by atoms with Crippen molar-refractivity contribution < 1.29 is 9.59 Å². The molecule has 2 fully saturated rings. The van der Waals surface area contributed by atoms with Crippen molar-refractivity contribution >= 4 is 29.9 Å². The summed E-state index contributed by atoms with van der Waals surface area (Å²) < 4.78 is 0. The minimum Gasteiger partial charge on any atom is -0.342 e. The molecule has 1 saturated carbocycles. The molecule has 0 aromatic heterocycles. The van der Waals surface area contributed by atoms with Crippen LogP contribution >= 0.6 is 12.4 Å². The van der Waals surface area contributed by atoms with Gasteiger partial charge in [-0.1, -0.05) is 31.0 Å². The number of carbonyl (C=O) groups is 2. The van der Waals surface area contributed by atoms with E-state index in [-0.39, 0.29) is 42.1 Å². The maximum absolute atomic E-state index is 13.6. The number of carbonyl (C=O) groups excluding carboxylic acids is 2. The van der Waals surface area contributed by atoms with Gasteiger partial charge in [-0.3, -0.25) is 9.59 Å². The van der Waals surface area contributed by atoms with Crippen molar-refractivity contribution in [1.82, 2.24) is 4.90 Å². The number of para-hydroxylation sites is 1. The van der Waals surface area contributed by atoms with Crippen LogP contribution in [-0.2, 0) is 16.0 Å². The quantitative estimate of drug-likeness (QED) is 0.840. The van der Waals surface area contributed by atoms with E-state index in [9.17, 15) is 9.59 Å². The lowest BCUT2D eigenvalue weighted by Gasteiger charge is -2.36. The molecule has 1 aromatic carbocycles. The number of benzene rings is 1. The maximum atomic E-state index is 13.6. The van der Waals surface area contributed by atoms with Crippen LogP contribution < -0.4 is 10.6 Å². The van der Waals surface area contributed by atoms with E-state index < -0.39 is 0 Å². The number of anilines is 1. The van der Waals surface area contributed by atoms with Crippen molar-refractivity contribution in [3.8, 4) is 0 Å². The van der Waals surface area contributed by atoms with Gasteiger partial charge in [0.15, 0.2) is 0 Å². The SMILES string of the molecule is CC1Cc2ccccc2N1C(=O)C1CCCCC1C(=O)N1CCC(CN)C1.Cl. The van der Waals surface area contributed by atoms with Gasteiger partial charge in [-0.15, -0.1) is 12.4 Å². The monoisotopic (exact) mass is 405 g/mol. The van der Waals surface area contributed by atoms with E-state index in [4.69, 9.17) is 5.73 Å². The minimum absolute atomic E-state index is 0. The summed E-state index contributed by atoms with van der Waals surface area (Å²) in [5.41, 5.74) is 8.07. The van der Waals surface area contributed by atoms with Gasteiger partial charge in [0.25, 0.3) is 0 Å². The van der Waals surface area contributed by atoms with Gasteiger partial charge in [-0.2, -0.15) is 0 Å². The molecule has 2 heterocycles. The second-order valence-corrected chi connectivity index (χ2v) is 8.56. The molecule has 5 nitrogen and oxygen atoms in total. The first-order valence-electron chi connectivity index (χ1n) is 10.5. The molecule has 2 aliphatic heterocycles. The largest absolute Gasteiger partial charge is 0.342 e. The third-order valence-corrected chi connectivity index (χ3v) is 6.78. The molecule has 4 atom stereocenters. The molecule has 154 valence electrons. The number of likely N-dealkylation sites (tertiary alicyclic amines) is 1. The van der Waals surface area contributed by atoms with Crippen LogP contribution in [0.15, 0.2) is 24.3 Å². The number of rotatable bonds is 3. The van der Waals surface area contributed by atoms with Crippen molar-refractivity contribution in [3.05, 3.63) is 29.8 Å². The Hall–Kier alpha value is -1.59. The Kier molecular flexibility index (Phi) is 6.66. The summed E-state index contributed by atoms with van der Waals surface area (Å²) in [4.78, 5) is 30.7. The van der Waals surface area contributed by atoms with Gasteiger partial charge < -0.3 is 15.5 Å². The lowest BCUT2D eigenvalue weighted by atomic mass is 9.77. The standard InChI is InChI=1S/C22H31N3O2.ClH/c1-15-12-17-6-2-5-9-20(17)25(15)22(27)19-8-4-3-7-18(19)21(26)24-11-10-16(13-23)14-24;/h2,5-6,9,15-16,18-19H,3-4,7-8,10-14,23H2,1H3;1H. The molecule has 1 saturated heterocycles. The van der Waals surface area contributed by atoms with Gasteiger partial charge in [-0.05, 0) is 56.7 Å². The van der Waals surface area contributed by atoms with E-state index in [0.29, 0.717) is 12.5 Å². The Morgan fingerprint density at radius 2 is 1.75 bits per heavy atom. The molecule has 4 rings (SSSR count). The number of fused-ring (bicyclic) bond motifs is 1. The third kappa shape index (κ3) is 3.79. The van der Waals surface area contributed by atoms with Gasteiger partial charge in [-0.25, -0.2) is 0 Å². The molecule has 0 bridgehead atoms. The zero-order valence-corrected chi connectivity index (χ0v) is 17.5. The van der Waals surface area contributed by atoms with E-state index in [1.54, 1.807) is 0 Å². The molecule has 2 amide bonds. The summed E-state index contributed by atoms with van der Waals surface area (Å²) in [5.74, 6) is 0.404. The van der Waals surface area contributed by atoms with Crippen LogP contribution in [-0.4, -0.2) is 42.4 Å². The van der Waals surface area contributed by atoms with Gasteiger partial charge in [0.2, 0.25) is 11.8 Å². The second-order valence-electron chi connectivity index (χ2n) is 8.56. The van der Waals surface area contributed by atoms with Gasteiger partial charge in [0.05, 0.1) is 5.92 Å². The van der Waals surface area contributed by atoms with Crippen molar-refractivity contribution in [1.29, 1.82) is 0 Å². The normalized spacial score (nSPS) is 29.4. The number of nitrogens with zero attached hydrogens (tertiary/aromatic N) is 2. The lowest BCUT2D eigenvalue weighted by Crippen LogP contribution is -2.48. The Bertz CT molecular complexity index is 725. The zero-order chi connectivity index (χ0) is 19.0. The summed E-state index contributed by atoms with van der Waals surface area (Å²) in [5, 5.41) is 0. The van der Waals surface area contributed by atoms with Crippen LogP contribution in [0.1, 0.15) is 44.6 Å². The highest BCUT2D eigenvalue weighted by Crippen LogP contribution is 2.39. The Balaban J connectivity index is 0.00000225. The van der Waals surface area contributed by atoms with Crippen LogP contribution in [0.2, 0.25) is 0 Å². The van der Waals surface area contributed by atoms with Gasteiger partial charge in [0, 0.05) is 30.7 Å². The number of halogens is 1. The Labute approximate surface area is 174 Å². The molecule has 2 N–H and O–H groups in total. The summed E-state index contributed by atoms with van der Waals surface area (Å²) in [6.07, 6.45) is 5.63. The van der Waals surface area contributed by atoms with Gasteiger partial charge in [0.1, 0.15) is 0 Å². The Morgan fingerprint density at radius 1 is 1.07 bits per heavy atom. The topological polar surface area (TPSA) is 66.6 Å². The van der Waals surface area contributed by atoms with Crippen molar-refractivity contribution in [2.75, 3.05) is 24.5 Å². The first kappa shape index (κ1) is 21.1. The maximum Gasteiger partial charge on any atom is 0.231 e. The fourth-order valence-corrected chi connectivity index (χ4v) is 5.26. The molecule has 6 heteroatoms. The molecule has 4 unspecified atom stereocenters. The average molecular weight is 406 g/mol. The molecular weight excluding hydrogens is 374 g/mol. The van der Waals surface area contributed by atoms with Crippen molar-refractivity contribution in [2.24, 2.45) is 23.5 Å². The number of amides is 2. The van der Waals surface area contributed by atoms with Crippen LogP contribution in [0.4, 0.5) is 5.69 Å². The van der Waals surface area contributed by atoms with Gasteiger partial charge >= 0.3 is 0 Å². The van der Waals surface area contributed by atoms with Crippen LogP contribution in [0.25, 0.3) is 0 Å². The fraction of sp³-hybridized carbons (Fsp3) is 0.636. The van der Waals surface area contributed by atoms with Crippen LogP contribution in [0.3, 0.4) is 0 Å². The van der Waals surface area contributed by atoms with Crippen LogP contribution in [0, 0.1) is 17.8 Å².